The Morgan fingerprint density at radius 3 is 2.31 bits per heavy atom. The maximum atomic E-state index is 13.0. The van der Waals surface area contributed by atoms with Crippen LogP contribution in [-0.4, -0.2) is 55.1 Å². The van der Waals surface area contributed by atoms with Gasteiger partial charge in [0.2, 0.25) is 0 Å². The van der Waals surface area contributed by atoms with Crippen LogP contribution in [0, 0.1) is 0 Å². The quantitative estimate of drug-likeness (QED) is 0.770. The first-order valence-electron chi connectivity index (χ1n) is 8.85. The Labute approximate surface area is 161 Å². The van der Waals surface area contributed by atoms with Gasteiger partial charge in [-0.3, -0.25) is 9.69 Å². The molecule has 0 aliphatic carbocycles. The molecule has 0 saturated carbocycles. The predicted molar refractivity (Wildman–Crippen MR) is 103 cm³/mol. The summed E-state index contributed by atoms with van der Waals surface area (Å²) >= 11 is 3.51. The van der Waals surface area contributed by atoms with E-state index in [1.165, 1.54) is 5.56 Å². The standard InChI is InChI=1S/C20H21BrN2O3/c21-17-13-19-18(25-10-11-26-19)12-16(17)20(24)23-8-6-22(7-9-23)14-15-4-2-1-3-5-15/h1-5,12-13H,6-11,14H2. The van der Waals surface area contributed by atoms with E-state index in [4.69, 9.17) is 9.47 Å². The van der Waals surface area contributed by atoms with Gasteiger partial charge in [0.05, 0.1) is 5.56 Å². The third-order valence-corrected chi connectivity index (χ3v) is 5.43. The van der Waals surface area contributed by atoms with Crippen molar-refractivity contribution in [2.75, 3.05) is 39.4 Å². The van der Waals surface area contributed by atoms with Crippen molar-refractivity contribution < 1.29 is 14.3 Å². The lowest BCUT2D eigenvalue weighted by Gasteiger charge is -2.35. The topological polar surface area (TPSA) is 42.0 Å². The highest BCUT2D eigenvalue weighted by Crippen LogP contribution is 2.36. The number of hydrogen-bond donors (Lipinski definition) is 0. The lowest BCUT2D eigenvalue weighted by Crippen LogP contribution is -2.48. The Balaban J connectivity index is 1.41. The van der Waals surface area contributed by atoms with E-state index in [2.05, 4.69) is 45.1 Å². The van der Waals surface area contributed by atoms with Gasteiger partial charge in [-0.05, 0) is 33.6 Å². The van der Waals surface area contributed by atoms with Crippen LogP contribution in [0.5, 0.6) is 11.5 Å². The Morgan fingerprint density at radius 1 is 0.962 bits per heavy atom. The van der Waals surface area contributed by atoms with Crippen molar-refractivity contribution in [3.8, 4) is 11.5 Å². The molecule has 0 N–H and O–H groups in total. The van der Waals surface area contributed by atoms with Gasteiger partial charge < -0.3 is 14.4 Å². The highest BCUT2D eigenvalue weighted by Gasteiger charge is 2.25. The molecule has 2 aliphatic rings. The van der Waals surface area contributed by atoms with Crippen molar-refractivity contribution in [3.05, 3.63) is 58.1 Å². The summed E-state index contributed by atoms with van der Waals surface area (Å²) in [7, 11) is 0. The third kappa shape index (κ3) is 3.71. The number of fused-ring (bicyclic) bond motifs is 1. The Hall–Kier alpha value is -2.05. The molecule has 4 rings (SSSR count). The fraction of sp³-hybridized carbons (Fsp3) is 0.350. The maximum Gasteiger partial charge on any atom is 0.255 e. The summed E-state index contributed by atoms with van der Waals surface area (Å²) in [4.78, 5) is 17.3. The number of halogens is 1. The van der Waals surface area contributed by atoms with E-state index in [-0.39, 0.29) is 5.91 Å². The molecule has 0 unspecified atom stereocenters. The number of benzene rings is 2. The maximum absolute atomic E-state index is 13.0. The molecule has 1 amide bonds. The number of carbonyl (C=O) groups is 1. The SMILES string of the molecule is O=C(c1cc2c(cc1Br)OCCO2)N1CCN(Cc2ccccc2)CC1. The molecular weight excluding hydrogens is 396 g/mol. The molecule has 26 heavy (non-hydrogen) atoms. The van der Waals surface area contributed by atoms with Gasteiger partial charge in [-0.25, -0.2) is 0 Å². The molecule has 2 aliphatic heterocycles. The van der Waals surface area contributed by atoms with Crippen LogP contribution in [0.15, 0.2) is 46.9 Å². The average molecular weight is 417 g/mol. The van der Waals surface area contributed by atoms with Gasteiger partial charge in [0, 0.05) is 37.2 Å². The first-order chi connectivity index (χ1) is 12.7. The van der Waals surface area contributed by atoms with Crippen LogP contribution >= 0.6 is 15.9 Å². The minimum Gasteiger partial charge on any atom is -0.486 e. The van der Waals surface area contributed by atoms with Crippen molar-refractivity contribution in [3.63, 3.8) is 0 Å². The van der Waals surface area contributed by atoms with Gasteiger partial charge in [0.1, 0.15) is 13.2 Å². The van der Waals surface area contributed by atoms with E-state index in [0.29, 0.717) is 30.3 Å². The number of carbonyl (C=O) groups excluding carboxylic acids is 1. The molecule has 5 nitrogen and oxygen atoms in total. The van der Waals surface area contributed by atoms with Crippen molar-refractivity contribution >= 4 is 21.8 Å². The number of amides is 1. The van der Waals surface area contributed by atoms with Gasteiger partial charge in [0.25, 0.3) is 5.91 Å². The van der Waals surface area contributed by atoms with Gasteiger partial charge in [-0.2, -0.15) is 0 Å². The van der Waals surface area contributed by atoms with Crippen LogP contribution in [0.3, 0.4) is 0 Å². The monoisotopic (exact) mass is 416 g/mol. The van der Waals surface area contributed by atoms with E-state index >= 15 is 0 Å². The van der Waals surface area contributed by atoms with Crippen LogP contribution in [0.2, 0.25) is 0 Å². The molecule has 2 heterocycles. The Bertz CT molecular complexity index is 789. The van der Waals surface area contributed by atoms with E-state index in [1.807, 2.05) is 17.0 Å². The van der Waals surface area contributed by atoms with Crippen LogP contribution in [0.1, 0.15) is 15.9 Å². The number of rotatable bonds is 3. The summed E-state index contributed by atoms with van der Waals surface area (Å²) in [5.74, 6) is 1.37. The molecule has 2 aromatic rings. The van der Waals surface area contributed by atoms with Gasteiger partial charge in [-0.15, -0.1) is 0 Å². The van der Waals surface area contributed by atoms with E-state index in [0.717, 1.165) is 37.2 Å². The molecule has 0 aromatic heterocycles. The first kappa shape index (κ1) is 17.4. The second-order valence-corrected chi connectivity index (χ2v) is 7.38. The summed E-state index contributed by atoms with van der Waals surface area (Å²) in [6, 6.07) is 14.1. The second kappa shape index (κ2) is 7.68. The molecule has 1 saturated heterocycles. The Kier molecular flexibility index (Phi) is 5.13. The van der Waals surface area contributed by atoms with Gasteiger partial charge in [-0.1, -0.05) is 30.3 Å². The molecule has 136 valence electrons. The number of nitrogens with zero attached hydrogens (tertiary/aromatic N) is 2. The normalized spacial score (nSPS) is 17.2. The van der Waals surface area contributed by atoms with Crippen molar-refractivity contribution in [2.45, 2.75) is 6.54 Å². The van der Waals surface area contributed by atoms with Crippen molar-refractivity contribution in [1.82, 2.24) is 9.80 Å². The fourth-order valence-corrected chi connectivity index (χ4v) is 3.84. The Morgan fingerprint density at radius 2 is 1.62 bits per heavy atom. The number of piperazine rings is 1. The van der Waals surface area contributed by atoms with Crippen LogP contribution in [-0.2, 0) is 6.54 Å². The molecule has 1 fully saturated rings. The van der Waals surface area contributed by atoms with Crippen molar-refractivity contribution in [2.24, 2.45) is 0 Å². The van der Waals surface area contributed by atoms with E-state index in [1.54, 1.807) is 6.07 Å². The number of hydrogen-bond acceptors (Lipinski definition) is 4. The summed E-state index contributed by atoms with van der Waals surface area (Å²) in [6.07, 6.45) is 0. The first-order valence-corrected chi connectivity index (χ1v) is 9.65. The van der Waals surface area contributed by atoms with Crippen LogP contribution in [0.25, 0.3) is 0 Å². The van der Waals surface area contributed by atoms with Gasteiger partial charge >= 0.3 is 0 Å². The highest BCUT2D eigenvalue weighted by molar-refractivity contribution is 9.10. The predicted octanol–water partition coefficient (Wildman–Crippen LogP) is 3.18. The van der Waals surface area contributed by atoms with Crippen molar-refractivity contribution in [1.29, 1.82) is 0 Å². The lowest BCUT2D eigenvalue weighted by molar-refractivity contribution is 0.0626. The molecule has 0 spiro atoms. The van der Waals surface area contributed by atoms with Crippen LogP contribution < -0.4 is 9.47 Å². The summed E-state index contributed by atoms with van der Waals surface area (Å²) < 4.78 is 11.9. The fourth-order valence-electron chi connectivity index (χ4n) is 3.35. The molecule has 2 aromatic carbocycles. The summed E-state index contributed by atoms with van der Waals surface area (Å²) in [5.41, 5.74) is 1.94. The number of ether oxygens (including phenoxy) is 2. The average Bonchev–Trinajstić information content (AvgIpc) is 2.68. The molecular formula is C20H21BrN2O3. The summed E-state index contributed by atoms with van der Waals surface area (Å²) in [5, 5.41) is 0. The third-order valence-electron chi connectivity index (χ3n) is 4.77. The molecule has 0 bridgehead atoms. The summed E-state index contributed by atoms with van der Waals surface area (Å²) in [6.45, 7) is 5.19. The van der Waals surface area contributed by atoms with E-state index in [9.17, 15) is 4.79 Å². The molecule has 6 heteroatoms. The zero-order valence-corrected chi connectivity index (χ0v) is 16.1. The molecule has 0 atom stereocenters. The van der Waals surface area contributed by atoms with Gasteiger partial charge in [0.15, 0.2) is 11.5 Å². The molecule has 0 radical (unpaired) electrons. The smallest absolute Gasteiger partial charge is 0.255 e. The minimum atomic E-state index is 0.0354. The second-order valence-electron chi connectivity index (χ2n) is 6.53. The van der Waals surface area contributed by atoms with Crippen LogP contribution in [0.4, 0.5) is 0 Å². The lowest BCUT2D eigenvalue weighted by atomic mass is 10.1. The zero-order valence-electron chi connectivity index (χ0n) is 14.5. The highest BCUT2D eigenvalue weighted by atomic mass is 79.9. The largest absolute Gasteiger partial charge is 0.486 e. The minimum absolute atomic E-state index is 0.0354. The zero-order chi connectivity index (χ0) is 17.9. The van der Waals surface area contributed by atoms with E-state index < -0.39 is 0 Å².